The van der Waals surface area contributed by atoms with Crippen LogP contribution in [0.3, 0.4) is 0 Å². The van der Waals surface area contributed by atoms with Gasteiger partial charge in [-0.2, -0.15) is 5.10 Å². The summed E-state index contributed by atoms with van der Waals surface area (Å²) < 4.78 is 1.97. The Morgan fingerprint density at radius 3 is 2.78 bits per heavy atom. The number of aromatic nitrogens is 3. The molecule has 2 aromatic heterocycles. The van der Waals surface area contributed by atoms with Crippen LogP contribution in [-0.4, -0.2) is 14.8 Å². The fraction of sp³-hybridized carbons (Fsp3) is 0.538. The Labute approximate surface area is 112 Å². The second-order valence-electron chi connectivity index (χ2n) is 4.22. The second kappa shape index (κ2) is 6.66. The fourth-order valence-electron chi connectivity index (χ4n) is 1.83. The number of nitrogens with one attached hydrogen (secondary N) is 1. The van der Waals surface area contributed by atoms with Crippen LogP contribution in [-0.2, 0) is 26.1 Å². The largest absolute Gasteiger partial charge is 0.305 e. The SMILES string of the molecule is CCCn1ncnc1CNCc1ccc(CC)s1. The predicted molar refractivity (Wildman–Crippen MR) is 74.6 cm³/mol. The summed E-state index contributed by atoms with van der Waals surface area (Å²) in [5.74, 6) is 1.02. The van der Waals surface area contributed by atoms with Crippen molar-refractivity contribution in [3.8, 4) is 0 Å². The molecule has 0 fully saturated rings. The molecule has 1 N–H and O–H groups in total. The molecule has 4 nitrogen and oxygen atoms in total. The van der Waals surface area contributed by atoms with Crippen molar-refractivity contribution in [1.82, 2.24) is 20.1 Å². The third-order valence-corrected chi connectivity index (χ3v) is 4.01. The highest BCUT2D eigenvalue weighted by atomic mass is 32.1. The molecule has 0 aliphatic heterocycles. The van der Waals surface area contributed by atoms with Crippen LogP contribution in [0.25, 0.3) is 0 Å². The van der Waals surface area contributed by atoms with Crippen LogP contribution in [0, 0.1) is 0 Å². The van der Waals surface area contributed by atoms with Gasteiger partial charge in [0.25, 0.3) is 0 Å². The van der Waals surface area contributed by atoms with Gasteiger partial charge in [0.15, 0.2) is 0 Å². The predicted octanol–water partition coefficient (Wildman–Crippen LogP) is 2.60. The van der Waals surface area contributed by atoms with Crippen LogP contribution < -0.4 is 5.32 Å². The zero-order valence-electron chi connectivity index (χ0n) is 11.0. The summed E-state index contributed by atoms with van der Waals surface area (Å²) in [6.45, 7) is 6.96. The molecule has 0 aliphatic rings. The summed E-state index contributed by atoms with van der Waals surface area (Å²) >= 11 is 1.88. The summed E-state index contributed by atoms with van der Waals surface area (Å²) in [7, 11) is 0. The molecular weight excluding hydrogens is 244 g/mol. The van der Waals surface area contributed by atoms with E-state index in [1.807, 2.05) is 16.0 Å². The van der Waals surface area contributed by atoms with E-state index >= 15 is 0 Å². The van der Waals surface area contributed by atoms with E-state index in [0.717, 1.165) is 38.3 Å². The minimum absolute atomic E-state index is 0.777. The van der Waals surface area contributed by atoms with Gasteiger partial charge in [0, 0.05) is 22.8 Å². The molecule has 0 bridgehead atoms. The maximum atomic E-state index is 4.28. The summed E-state index contributed by atoms with van der Waals surface area (Å²) in [4.78, 5) is 7.11. The van der Waals surface area contributed by atoms with Crippen LogP contribution in [0.2, 0.25) is 0 Å². The molecule has 0 saturated heterocycles. The average molecular weight is 264 g/mol. The van der Waals surface area contributed by atoms with Crippen molar-refractivity contribution in [2.75, 3.05) is 0 Å². The Balaban J connectivity index is 1.82. The number of hydrogen-bond donors (Lipinski definition) is 1. The van der Waals surface area contributed by atoms with Gasteiger partial charge < -0.3 is 5.32 Å². The highest BCUT2D eigenvalue weighted by Crippen LogP contribution is 2.16. The van der Waals surface area contributed by atoms with Gasteiger partial charge >= 0.3 is 0 Å². The highest BCUT2D eigenvalue weighted by Gasteiger charge is 2.03. The van der Waals surface area contributed by atoms with E-state index in [4.69, 9.17) is 0 Å². The van der Waals surface area contributed by atoms with Crippen molar-refractivity contribution >= 4 is 11.3 Å². The van der Waals surface area contributed by atoms with Gasteiger partial charge in [0.2, 0.25) is 0 Å². The van der Waals surface area contributed by atoms with Gasteiger partial charge in [0.1, 0.15) is 12.2 Å². The highest BCUT2D eigenvalue weighted by molar-refractivity contribution is 7.11. The lowest BCUT2D eigenvalue weighted by atomic mass is 10.3. The van der Waals surface area contributed by atoms with Gasteiger partial charge in [0.05, 0.1) is 6.54 Å². The minimum atomic E-state index is 0.777. The molecule has 0 aromatic carbocycles. The first-order chi connectivity index (χ1) is 8.83. The summed E-state index contributed by atoms with van der Waals surface area (Å²) in [5.41, 5.74) is 0. The standard InChI is InChI=1S/C13H20N4S/c1-3-7-17-13(15-10-16-17)9-14-8-12-6-5-11(4-2)18-12/h5-6,10,14H,3-4,7-9H2,1-2H3. The Bertz CT molecular complexity index is 475. The first kappa shape index (κ1) is 13.2. The first-order valence-electron chi connectivity index (χ1n) is 6.48. The van der Waals surface area contributed by atoms with E-state index in [1.54, 1.807) is 6.33 Å². The maximum absolute atomic E-state index is 4.28. The number of aryl methyl sites for hydroxylation is 2. The van der Waals surface area contributed by atoms with E-state index < -0.39 is 0 Å². The molecule has 2 heterocycles. The maximum Gasteiger partial charge on any atom is 0.140 e. The minimum Gasteiger partial charge on any atom is -0.305 e. The molecule has 0 atom stereocenters. The Kier molecular flexibility index (Phi) is 4.90. The molecule has 0 spiro atoms. The van der Waals surface area contributed by atoms with Crippen molar-refractivity contribution in [2.24, 2.45) is 0 Å². The summed E-state index contributed by atoms with van der Waals surface area (Å²) in [5, 5.41) is 7.64. The number of thiophene rings is 1. The van der Waals surface area contributed by atoms with Gasteiger partial charge in [-0.1, -0.05) is 13.8 Å². The van der Waals surface area contributed by atoms with E-state index in [2.05, 4.69) is 41.4 Å². The molecule has 2 rings (SSSR count). The van der Waals surface area contributed by atoms with Crippen LogP contribution in [0.15, 0.2) is 18.5 Å². The average Bonchev–Trinajstić information content (AvgIpc) is 3.00. The summed E-state index contributed by atoms with van der Waals surface area (Å²) in [6.07, 6.45) is 3.84. The smallest absolute Gasteiger partial charge is 0.140 e. The zero-order valence-corrected chi connectivity index (χ0v) is 11.8. The number of hydrogen-bond acceptors (Lipinski definition) is 4. The van der Waals surface area contributed by atoms with Crippen molar-refractivity contribution in [3.63, 3.8) is 0 Å². The first-order valence-corrected chi connectivity index (χ1v) is 7.30. The Morgan fingerprint density at radius 1 is 1.22 bits per heavy atom. The monoisotopic (exact) mass is 264 g/mol. The van der Waals surface area contributed by atoms with Crippen molar-refractivity contribution < 1.29 is 0 Å². The van der Waals surface area contributed by atoms with Gasteiger partial charge in [-0.3, -0.25) is 0 Å². The van der Waals surface area contributed by atoms with E-state index in [0.29, 0.717) is 0 Å². The van der Waals surface area contributed by atoms with Crippen molar-refractivity contribution in [3.05, 3.63) is 34.0 Å². The number of nitrogens with zero attached hydrogens (tertiary/aromatic N) is 3. The molecule has 0 amide bonds. The molecule has 0 saturated carbocycles. The van der Waals surface area contributed by atoms with Gasteiger partial charge in [-0.15, -0.1) is 11.3 Å². The molecule has 2 aromatic rings. The van der Waals surface area contributed by atoms with E-state index in [9.17, 15) is 0 Å². The molecule has 0 unspecified atom stereocenters. The molecule has 98 valence electrons. The second-order valence-corrected chi connectivity index (χ2v) is 5.48. The third-order valence-electron chi connectivity index (χ3n) is 2.78. The molecule has 18 heavy (non-hydrogen) atoms. The fourth-order valence-corrected chi connectivity index (χ4v) is 2.76. The van der Waals surface area contributed by atoms with E-state index in [1.165, 1.54) is 9.75 Å². The Hall–Kier alpha value is -1.20. The van der Waals surface area contributed by atoms with Gasteiger partial charge in [-0.05, 0) is 25.0 Å². The topological polar surface area (TPSA) is 42.7 Å². The van der Waals surface area contributed by atoms with Crippen LogP contribution in [0.5, 0.6) is 0 Å². The quantitative estimate of drug-likeness (QED) is 0.836. The Morgan fingerprint density at radius 2 is 2.06 bits per heavy atom. The van der Waals surface area contributed by atoms with E-state index in [-0.39, 0.29) is 0 Å². The third kappa shape index (κ3) is 3.40. The molecule has 0 radical (unpaired) electrons. The summed E-state index contributed by atoms with van der Waals surface area (Å²) in [6, 6.07) is 4.41. The normalized spacial score (nSPS) is 11.0. The molecule has 5 heteroatoms. The lowest BCUT2D eigenvalue weighted by molar-refractivity contribution is 0.543. The molecular formula is C13H20N4S. The van der Waals surface area contributed by atoms with Crippen LogP contribution in [0.4, 0.5) is 0 Å². The van der Waals surface area contributed by atoms with Crippen molar-refractivity contribution in [1.29, 1.82) is 0 Å². The van der Waals surface area contributed by atoms with Crippen LogP contribution >= 0.6 is 11.3 Å². The lowest BCUT2D eigenvalue weighted by Gasteiger charge is -2.05. The zero-order chi connectivity index (χ0) is 12.8. The van der Waals surface area contributed by atoms with Crippen LogP contribution in [0.1, 0.15) is 35.8 Å². The number of rotatable bonds is 7. The van der Waals surface area contributed by atoms with Gasteiger partial charge in [-0.25, -0.2) is 9.67 Å². The van der Waals surface area contributed by atoms with Crippen molar-refractivity contribution in [2.45, 2.75) is 46.3 Å². The lowest BCUT2D eigenvalue weighted by Crippen LogP contribution is -2.16. The molecule has 0 aliphatic carbocycles.